The van der Waals surface area contributed by atoms with Gasteiger partial charge in [0.05, 0.1) is 0 Å². The number of rotatable bonds is 61. The summed E-state index contributed by atoms with van der Waals surface area (Å²) >= 11 is 0. The van der Waals surface area contributed by atoms with E-state index in [-0.39, 0.29) is 37.5 Å². The third-order valence-corrected chi connectivity index (χ3v) is 14.5. The van der Waals surface area contributed by atoms with Gasteiger partial charge in [-0.05, 0) is 109 Å². The second kappa shape index (κ2) is 68.3. The third-order valence-electron chi connectivity index (χ3n) is 14.5. The zero-order valence-corrected chi connectivity index (χ0v) is 53.0. The van der Waals surface area contributed by atoms with Gasteiger partial charge in [-0.1, -0.05) is 309 Å². The topological polar surface area (TPSA) is 78.9 Å². The highest BCUT2D eigenvalue weighted by Gasteiger charge is 2.19. The Morgan fingerprint density at radius 1 is 0.259 bits per heavy atom. The van der Waals surface area contributed by atoms with Crippen LogP contribution in [0.25, 0.3) is 0 Å². The smallest absolute Gasteiger partial charge is 0.306 e. The van der Waals surface area contributed by atoms with Crippen molar-refractivity contribution in [3.05, 3.63) is 122 Å². The Hall–Kier alpha value is -4.19. The lowest BCUT2D eigenvalue weighted by molar-refractivity contribution is -0.167. The Bertz CT molecular complexity index is 1670. The summed E-state index contributed by atoms with van der Waals surface area (Å²) in [5.74, 6) is -0.961. The Labute approximate surface area is 501 Å². The number of hydrogen-bond acceptors (Lipinski definition) is 6. The first-order valence-corrected chi connectivity index (χ1v) is 34.0. The van der Waals surface area contributed by atoms with Gasteiger partial charge < -0.3 is 14.2 Å². The fraction of sp³-hybridized carbons (Fsp3) is 0.693. The molecule has 81 heavy (non-hydrogen) atoms. The minimum absolute atomic E-state index is 0.101. The van der Waals surface area contributed by atoms with Crippen molar-refractivity contribution in [2.45, 2.75) is 322 Å². The van der Waals surface area contributed by atoms with Gasteiger partial charge in [0.25, 0.3) is 0 Å². The molecule has 0 rings (SSSR count). The lowest BCUT2D eigenvalue weighted by Crippen LogP contribution is -2.30. The van der Waals surface area contributed by atoms with Gasteiger partial charge >= 0.3 is 17.9 Å². The molecule has 0 heterocycles. The zero-order valence-electron chi connectivity index (χ0n) is 53.0. The normalized spacial score (nSPS) is 12.9. The summed E-state index contributed by atoms with van der Waals surface area (Å²) < 4.78 is 16.8. The van der Waals surface area contributed by atoms with Crippen molar-refractivity contribution in [2.24, 2.45) is 0 Å². The zero-order chi connectivity index (χ0) is 58.5. The van der Waals surface area contributed by atoms with Crippen LogP contribution in [0, 0.1) is 0 Å². The molecule has 6 nitrogen and oxygen atoms in total. The number of carbonyl (C=O) groups is 3. The van der Waals surface area contributed by atoms with E-state index in [2.05, 4.69) is 142 Å². The molecule has 1 unspecified atom stereocenters. The van der Waals surface area contributed by atoms with Crippen LogP contribution in [0.2, 0.25) is 0 Å². The second-order valence-electron chi connectivity index (χ2n) is 22.4. The highest BCUT2D eigenvalue weighted by molar-refractivity contribution is 5.71. The van der Waals surface area contributed by atoms with Crippen molar-refractivity contribution in [3.63, 3.8) is 0 Å². The molecule has 0 amide bonds. The molecule has 0 aromatic heterocycles. The molecule has 0 aliphatic rings. The van der Waals surface area contributed by atoms with Crippen LogP contribution >= 0.6 is 0 Å². The first kappa shape index (κ1) is 76.8. The van der Waals surface area contributed by atoms with Crippen molar-refractivity contribution in [1.82, 2.24) is 0 Å². The molecule has 0 radical (unpaired) electrons. The van der Waals surface area contributed by atoms with Crippen LogP contribution in [0.3, 0.4) is 0 Å². The van der Waals surface area contributed by atoms with E-state index in [1.165, 1.54) is 167 Å². The largest absolute Gasteiger partial charge is 0.462 e. The molecule has 0 spiro atoms. The van der Waals surface area contributed by atoms with Crippen molar-refractivity contribution < 1.29 is 28.6 Å². The summed E-state index contributed by atoms with van der Waals surface area (Å²) in [5, 5.41) is 0. The van der Waals surface area contributed by atoms with Crippen LogP contribution in [-0.2, 0) is 28.6 Å². The molecule has 0 aromatic rings. The summed E-state index contributed by atoms with van der Waals surface area (Å²) in [4.78, 5) is 38.1. The fourth-order valence-electron chi connectivity index (χ4n) is 9.38. The van der Waals surface area contributed by atoms with E-state index < -0.39 is 6.10 Å². The summed E-state index contributed by atoms with van der Waals surface area (Å²) in [5.41, 5.74) is 0. The standard InChI is InChI=1S/C75H126O6/c1-4-7-10-13-16-18-20-22-24-26-28-30-32-33-34-35-36-37-38-39-40-41-43-44-46-48-50-52-54-56-59-62-65-68-74(77)80-71-72(70-79-73(76)67-64-61-58-15-12-9-6-3)81-75(78)69-66-63-60-57-55-53-51-49-47-45-42-31-29-27-25-23-21-19-17-14-11-8-5-2/h8,11,17,19-20,22-23,25-26,28-29,31-33,45,47,51,53,57,60,72H,4-7,9-10,12-16,18,21,24,27,30,34-44,46,48-50,52,54-56,58-59,61-71H2,1-3H3/b11-8-,19-17-,22-20-,25-23-,28-26-,31-29-,33-32-,47-45-,53-51-,60-57-. The van der Waals surface area contributed by atoms with E-state index in [1.54, 1.807) is 0 Å². The van der Waals surface area contributed by atoms with E-state index in [0.717, 1.165) is 103 Å². The van der Waals surface area contributed by atoms with Crippen LogP contribution in [-0.4, -0.2) is 37.2 Å². The number of esters is 3. The van der Waals surface area contributed by atoms with Crippen molar-refractivity contribution in [1.29, 1.82) is 0 Å². The summed E-state index contributed by atoms with van der Waals surface area (Å²) in [6.07, 6.45) is 95.5. The molecule has 1 atom stereocenters. The molecule has 0 saturated heterocycles. The quantitative estimate of drug-likeness (QED) is 0.0261. The van der Waals surface area contributed by atoms with E-state index in [4.69, 9.17) is 14.2 Å². The van der Waals surface area contributed by atoms with Crippen LogP contribution in [0.15, 0.2) is 122 Å². The lowest BCUT2D eigenvalue weighted by atomic mass is 10.0. The molecule has 6 heteroatoms. The molecule has 0 aliphatic carbocycles. The lowest BCUT2D eigenvalue weighted by Gasteiger charge is -2.18. The number of allylic oxidation sites excluding steroid dienone is 20. The molecular weight excluding hydrogens is 997 g/mol. The molecule has 0 saturated carbocycles. The van der Waals surface area contributed by atoms with Gasteiger partial charge in [-0.25, -0.2) is 0 Å². The molecule has 462 valence electrons. The number of hydrogen-bond donors (Lipinski definition) is 0. The maximum absolute atomic E-state index is 12.8. The Kier molecular flexibility index (Phi) is 64.8. The maximum atomic E-state index is 12.8. The molecule has 0 fully saturated rings. The van der Waals surface area contributed by atoms with E-state index in [0.29, 0.717) is 19.3 Å². The first-order valence-electron chi connectivity index (χ1n) is 34.0. The SMILES string of the molecule is CC/C=C\C/C=C\C/C=C\C/C=C\C/C=C\C/C=C\C/C=C\CCCC(=O)OC(COC(=O)CCCCCCCCC)COC(=O)CCCCCCCCCCCCCCCCCCCC/C=C\C/C=C\C/C=C\CCCCCCC. The molecule has 0 aromatic carbocycles. The number of ether oxygens (including phenoxy) is 3. The monoisotopic (exact) mass is 1120 g/mol. The maximum Gasteiger partial charge on any atom is 0.306 e. The fourth-order valence-corrected chi connectivity index (χ4v) is 9.38. The van der Waals surface area contributed by atoms with E-state index >= 15 is 0 Å². The van der Waals surface area contributed by atoms with Crippen LogP contribution in [0.1, 0.15) is 316 Å². The van der Waals surface area contributed by atoms with Gasteiger partial charge in [0.1, 0.15) is 13.2 Å². The molecule has 0 N–H and O–H groups in total. The minimum atomic E-state index is -0.808. The van der Waals surface area contributed by atoms with Gasteiger partial charge in [-0.15, -0.1) is 0 Å². The van der Waals surface area contributed by atoms with Crippen LogP contribution in [0.4, 0.5) is 0 Å². The summed E-state index contributed by atoms with van der Waals surface area (Å²) in [6.45, 7) is 6.44. The number of unbranched alkanes of at least 4 members (excludes halogenated alkanes) is 30. The molecular formula is C75H126O6. The van der Waals surface area contributed by atoms with Crippen molar-refractivity contribution in [2.75, 3.05) is 13.2 Å². The molecule has 0 aliphatic heterocycles. The van der Waals surface area contributed by atoms with Crippen molar-refractivity contribution >= 4 is 17.9 Å². The van der Waals surface area contributed by atoms with Crippen molar-refractivity contribution in [3.8, 4) is 0 Å². The average Bonchev–Trinajstić information content (AvgIpc) is 3.46. The highest BCUT2D eigenvalue weighted by Crippen LogP contribution is 2.16. The average molecular weight is 1120 g/mol. The highest BCUT2D eigenvalue weighted by atomic mass is 16.6. The molecule has 0 bridgehead atoms. The van der Waals surface area contributed by atoms with Crippen LogP contribution in [0.5, 0.6) is 0 Å². The Balaban J connectivity index is 4.13. The first-order chi connectivity index (χ1) is 40.0. The predicted octanol–water partition coefficient (Wildman–Crippen LogP) is 23.6. The Morgan fingerprint density at radius 3 is 0.790 bits per heavy atom. The second-order valence-corrected chi connectivity index (χ2v) is 22.4. The van der Waals surface area contributed by atoms with Gasteiger partial charge in [0, 0.05) is 19.3 Å². The van der Waals surface area contributed by atoms with Gasteiger partial charge in [-0.3, -0.25) is 14.4 Å². The summed E-state index contributed by atoms with van der Waals surface area (Å²) in [7, 11) is 0. The number of carbonyl (C=O) groups excluding carboxylic acids is 3. The van der Waals surface area contributed by atoms with Crippen LogP contribution < -0.4 is 0 Å². The predicted molar refractivity (Wildman–Crippen MR) is 353 cm³/mol. The Morgan fingerprint density at radius 2 is 0.494 bits per heavy atom. The summed E-state index contributed by atoms with van der Waals surface area (Å²) in [6, 6.07) is 0. The third kappa shape index (κ3) is 66.5. The van der Waals surface area contributed by atoms with Gasteiger partial charge in [0.15, 0.2) is 6.10 Å². The van der Waals surface area contributed by atoms with Gasteiger partial charge in [0.2, 0.25) is 0 Å². The van der Waals surface area contributed by atoms with Gasteiger partial charge in [-0.2, -0.15) is 0 Å². The minimum Gasteiger partial charge on any atom is -0.462 e. The van der Waals surface area contributed by atoms with E-state index in [9.17, 15) is 14.4 Å². The van der Waals surface area contributed by atoms with E-state index in [1.807, 2.05) is 0 Å².